The molecule has 0 unspecified atom stereocenters. The fourth-order valence-corrected chi connectivity index (χ4v) is 2.95. The Bertz CT molecular complexity index is 686. The Kier molecular flexibility index (Phi) is 5.48. The van der Waals surface area contributed by atoms with Crippen molar-refractivity contribution in [2.45, 2.75) is 26.3 Å². The van der Waals surface area contributed by atoms with Crippen LogP contribution in [0.4, 0.5) is 0 Å². The fourth-order valence-electron chi connectivity index (χ4n) is 2.83. The molecule has 1 aliphatic rings. The van der Waals surface area contributed by atoms with Gasteiger partial charge in [0.05, 0.1) is 6.54 Å². The summed E-state index contributed by atoms with van der Waals surface area (Å²) in [6.07, 6.45) is 1.53. The highest BCUT2D eigenvalue weighted by atomic mass is 35.5. The molecule has 1 saturated heterocycles. The van der Waals surface area contributed by atoms with Gasteiger partial charge < -0.3 is 9.42 Å². The minimum atomic E-state index is 0.222. The third-order valence-corrected chi connectivity index (χ3v) is 4.43. The minimum absolute atomic E-state index is 0.222. The van der Waals surface area contributed by atoms with Gasteiger partial charge in [-0.2, -0.15) is 4.98 Å². The summed E-state index contributed by atoms with van der Waals surface area (Å²) in [5.74, 6) is 1.38. The second-order valence-electron chi connectivity index (χ2n) is 5.88. The third-order valence-electron chi connectivity index (χ3n) is 4.17. The standard InChI is InChI=1S/C17H21ClN4O2/c1-2-16(23)22-9-3-8-21(10-11-22)12-15-19-17(20-24-15)13-4-6-14(18)7-5-13/h4-7H,2-3,8-12H2,1H3. The molecule has 128 valence electrons. The van der Waals surface area contributed by atoms with E-state index in [0.717, 1.165) is 38.2 Å². The van der Waals surface area contributed by atoms with Crippen molar-refractivity contribution >= 4 is 17.5 Å². The lowest BCUT2D eigenvalue weighted by Crippen LogP contribution is -2.34. The summed E-state index contributed by atoms with van der Waals surface area (Å²) in [6.45, 7) is 5.83. The molecule has 24 heavy (non-hydrogen) atoms. The van der Waals surface area contributed by atoms with Crippen molar-refractivity contribution in [3.8, 4) is 11.4 Å². The summed E-state index contributed by atoms with van der Waals surface area (Å²) in [7, 11) is 0. The van der Waals surface area contributed by atoms with Crippen LogP contribution in [0.15, 0.2) is 28.8 Å². The number of benzene rings is 1. The number of carbonyl (C=O) groups excluding carboxylic acids is 1. The summed E-state index contributed by atoms with van der Waals surface area (Å²) in [6, 6.07) is 7.36. The van der Waals surface area contributed by atoms with Gasteiger partial charge in [0.25, 0.3) is 0 Å². The van der Waals surface area contributed by atoms with E-state index in [-0.39, 0.29) is 5.91 Å². The van der Waals surface area contributed by atoms with E-state index in [1.54, 1.807) is 12.1 Å². The summed E-state index contributed by atoms with van der Waals surface area (Å²) >= 11 is 5.89. The summed E-state index contributed by atoms with van der Waals surface area (Å²) in [4.78, 5) is 20.5. The Morgan fingerprint density at radius 1 is 1.21 bits per heavy atom. The molecule has 2 aromatic rings. The van der Waals surface area contributed by atoms with Gasteiger partial charge in [-0.05, 0) is 30.7 Å². The highest BCUT2D eigenvalue weighted by molar-refractivity contribution is 6.30. The van der Waals surface area contributed by atoms with Crippen LogP contribution in [0.1, 0.15) is 25.7 Å². The van der Waals surface area contributed by atoms with E-state index in [4.69, 9.17) is 16.1 Å². The number of amides is 1. The second kappa shape index (κ2) is 7.77. The fraction of sp³-hybridized carbons (Fsp3) is 0.471. The molecule has 1 fully saturated rings. The first-order chi connectivity index (χ1) is 11.7. The van der Waals surface area contributed by atoms with Gasteiger partial charge in [-0.25, -0.2) is 0 Å². The second-order valence-corrected chi connectivity index (χ2v) is 6.32. The zero-order chi connectivity index (χ0) is 16.9. The normalized spacial score (nSPS) is 16.2. The van der Waals surface area contributed by atoms with E-state index in [9.17, 15) is 4.79 Å². The number of hydrogen-bond donors (Lipinski definition) is 0. The molecule has 0 N–H and O–H groups in total. The van der Waals surface area contributed by atoms with Crippen LogP contribution in [0.25, 0.3) is 11.4 Å². The van der Waals surface area contributed by atoms with E-state index < -0.39 is 0 Å². The van der Waals surface area contributed by atoms with Crippen molar-refractivity contribution < 1.29 is 9.32 Å². The van der Waals surface area contributed by atoms with Gasteiger partial charge in [0.1, 0.15) is 0 Å². The minimum Gasteiger partial charge on any atom is -0.341 e. The zero-order valence-electron chi connectivity index (χ0n) is 13.7. The maximum atomic E-state index is 11.8. The summed E-state index contributed by atoms with van der Waals surface area (Å²) in [5.41, 5.74) is 0.880. The molecule has 0 aliphatic carbocycles. The topological polar surface area (TPSA) is 62.5 Å². The van der Waals surface area contributed by atoms with E-state index >= 15 is 0 Å². The van der Waals surface area contributed by atoms with Crippen LogP contribution in [0.2, 0.25) is 5.02 Å². The number of aromatic nitrogens is 2. The van der Waals surface area contributed by atoms with Gasteiger partial charge in [-0.3, -0.25) is 9.69 Å². The molecule has 0 saturated carbocycles. The Morgan fingerprint density at radius 2 is 2.00 bits per heavy atom. The first-order valence-corrected chi connectivity index (χ1v) is 8.62. The van der Waals surface area contributed by atoms with E-state index in [2.05, 4.69) is 15.0 Å². The van der Waals surface area contributed by atoms with Crippen LogP contribution in [-0.4, -0.2) is 52.0 Å². The number of hydrogen-bond acceptors (Lipinski definition) is 5. The van der Waals surface area contributed by atoms with Gasteiger partial charge in [-0.15, -0.1) is 0 Å². The lowest BCUT2D eigenvalue weighted by Gasteiger charge is -2.20. The van der Waals surface area contributed by atoms with E-state index in [0.29, 0.717) is 29.7 Å². The SMILES string of the molecule is CCC(=O)N1CCCN(Cc2nc(-c3ccc(Cl)cc3)no2)CC1. The predicted molar refractivity (Wildman–Crippen MR) is 91.5 cm³/mol. The molecular weight excluding hydrogens is 328 g/mol. The van der Waals surface area contributed by atoms with Crippen LogP contribution in [0, 0.1) is 0 Å². The van der Waals surface area contributed by atoms with Gasteiger partial charge in [0.2, 0.25) is 17.6 Å². The largest absolute Gasteiger partial charge is 0.341 e. The lowest BCUT2D eigenvalue weighted by atomic mass is 10.2. The van der Waals surface area contributed by atoms with Crippen molar-refractivity contribution in [3.63, 3.8) is 0 Å². The van der Waals surface area contributed by atoms with Crippen LogP contribution < -0.4 is 0 Å². The van der Waals surface area contributed by atoms with Crippen LogP contribution in [0.3, 0.4) is 0 Å². The average Bonchev–Trinajstić information content (AvgIpc) is 2.93. The van der Waals surface area contributed by atoms with Gasteiger partial charge in [0, 0.05) is 43.2 Å². The van der Waals surface area contributed by atoms with Crippen LogP contribution in [-0.2, 0) is 11.3 Å². The first-order valence-electron chi connectivity index (χ1n) is 8.24. The zero-order valence-corrected chi connectivity index (χ0v) is 14.5. The van der Waals surface area contributed by atoms with Crippen molar-refractivity contribution in [2.75, 3.05) is 26.2 Å². The molecule has 7 heteroatoms. The Balaban J connectivity index is 1.60. The van der Waals surface area contributed by atoms with Gasteiger partial charge >= 0.3 is 0 Å². The predicted octanol–water partition coefficient (Wildman–Crippen LogP) is 2.83. The van der Waals surface area contributed by atoms with E-state index in [1.807, 2.05) is 24.0 Å². The molecule has 0 atom stereocenters. The van der Waals surface area contributed by atoms with E-state index in [1.165, 1.54) is 0 Å². The van der Waals surface area contributed by atoms with Crippen molar-refractivity contribution in [3.05, 3.63) is 35.2 Å². The smallest absolute Gasteiger partial charge is 0.241 e. The number of carbonyl (C=O) groups is 1. The molecule has 1 aromatic heterocycles. The Morgan fingerprint density at radius 3 is 2.75 bits per heavy atom. The summed E-state index contributed by atoms with van der Waals surface area (Å²) in [5, 5.41) is 4.72. The molecule has 0 bridgehead atoms. The lowest BCUT2D eigenvalue weighted by molar-refractivity contribution is -0.130. The van der Waals surface area contributed by atoms with Gasteiger partial charge in [0.15, 0.2) is 0 Å². The van der Waals surface area contributed by atoms with Crippen molar-refractivity contribution in [1.29, 1.82) is 0 Å². The maximum Gasteiger partial charge on any atom is 0.241 e. The quantitative estimate of drug-likeness (QED) is 0.850. The number of rotatable bonds is 4. The molecular formula is C17H21ClN4O2. The molecule has 3 rings (SSSR count). The Labute approximate surface area is 146 Å². The van der Waals surface area contributed by atoms with Gasteiger partial charge in [-0.1, -0.05) is 23.7 Å². The maximum absolute atomic E-state index is 11.8. The molecule has 6 nitrogen and oxygen atoms in total. The Hall–Kier alpha value is -1.92. The first kappa shape index (κ1) is 16.9. The highest BCUT2D eigenvalue weighted by Gasteiger charge is 2.19. The highest BCUT2D eigenvalue weighted by Crippen LogP contribution is 2.19. The molecule has 1 aromatic carbocycles. The van der Waals surface area contributed by atoms with Crippen molar-refractivity contribution in [2.24, 2.45) is 0 Å². The molecule has 0 spiro atoms. The molecule has 0 radical (unpaired) electrons. The summed E-state index contributed by atoms with van der Waals surface area (Å²) < 4.78 is 5.37. The van der Waals surface area contributed by atoms with Crippen LogP contribution >= 0.6 is 11.6 Å². The average molecular weight is 349 g/mol. The van der Waals surface area contributed by atoms with Crippen molar-refractivity contribution in [1.82, 2.24) is 19.9 Å². The monoisotopic (exact) mass is 348 g/mol. The molecule has 1 aliphatic heterocycles. The third kappa shape index (κ3) is 4.13. The molecule has 2 heterocycles. The number of halogens is 1. The number of nitrogens with zero attached hydrogens (tertiary/aromatic N) is 4. The molecule has 1 amide bonds. The van der Waals surface area contributed by atoms with Crippen LogP contribution in [0.5, 0.6) is 0 Å².